The van der Waals surface area contributed by atoms with E-state index in [2.05, 4.69) is 10.1 Å². The summed E-state index contributed by atoms with van der Waals surface area (Å²) in [5, 5.41) is 4.45. The second-order valence-electron chi connectivity index (χ2n) is 7.97. The summed E-state index contributed by atoms with van der Waals surface area (Å²) >= 11 is 0. The minimum absolute atomic E-state index is 0.482. The van der Waals surface area contributed by atoms with Crippen molar-refractivity contribution in [1.29, 1.82) is 0 Å². The lowest BCUT2D eigenvalue weighted by molar-refractivity contribution is 0.00578. The molecule has 3 heterocycles. The first-order valence-corrected chi connectivity index (χ1v) is 8.84. The van der Waals surface area contributed by atoms with E-state index < -0.39 is 24.0 Å². The molecule has 0 unspecified atom stereocenters. The number of nitrogens with zero attached hydrogens (tertiary/aromatic N) is 3. The Kier molecular flexibility index (Phi) is 3.77. The molecule has 2 fully saturated rings. The summed E-state index contributed by atoms with van der Waals surface area (Å²) in [6.45, 7) is 7.60. The average Bonchev–Trinajstić information content (AvgIpc) is 2.95. The first kappa shape index (κ1) is 16.7. The molecule has 5 nitrogen and oxygen atoms in total. The minimum atomic E-state index is -1.00. The standard InChI is InChI=1S/C18H23BFN3O2/c1-17(2)18(3,4)25-19(24-17)15(20)10-13-8-9-16-21-14(11-23(16)22-13)12-6-5-7-12/h8-12H,5-7H2,1-4H3. The molecule has 7 heteroatoms. The molecule has 0 radical (unpaired) electrons. The predicted molar refractivity (Wildman–Crippen MR) is 94.7 cm³/mol. The van der Waals surface area contributed by atoms with Crippen LogP contribution >= 0.6 is 0 Å². The van der Waals surface area contributed by atoms with Crippen molar-refractivity contribution in [1.82, 2.24) is 14.6 Å². The topological polar surface area (TPSA) is 48.7 Å². The Labute approximate surface area is 147 Å². The van der Waals surface area contributed by atoms with Crippen molar-refractivity contribution in [2.75, 3.05) is 0 Å². The number of fused-ring (bicyclic) bond motifs is 1. The van der Waals surface area contributed by atoms with Crippen LogP contribution in [-0.2, 0) is 9.31 Å². The fourth-order valence-corrected chi connectivity index (χ4v) is 3.06. The van der Waals surface area contributed by atoms with Crippen LogP contribution in [0.5, 0.6) is 0 Å². The van der Waals surface area contributed by atoms with E-state index in [1.54, 1.807) is 10.6 Å². The predicted octanol–water partition coefficient (Wildman–Crippen LogP) is 3.94. The highest BCUT2D eigenvalue weighted by molar-refractivity contribution is 6.54. The molecule has 4 rings (SSSR count). The Morgan fingerprint density at radius 2 is 1.92 bits per heavy atom. The van der Waals surface area contributed by atoms with Crippen LogP contribution < -0.4 is 0 Å². The van der Waals surface area contributed by atoms with E-state index in [0.29, 0.717) is 11.6 Å². The van der Waals surface area contributed by atoms with E-state index in [4.69, 9.17) is 9.31 Å². The zero-order chi connectivity index (χ0) is 17.8. The Balaban J connectivity index is 1.58. The molecule has 2 aliphatic rings. The van der Waals surface area contributed by atoms with Crippen LogP contribution in [0, 0.1) is 0 Å². The van der Waals surface area contributed by atoms with Gasteiger partial charge in [0.15, 0.2) is 5.65 Å². The normalized spacial score (nSPS) is 23.2. The highest BCUT2D eigenvalue weighted by Crippen LogP contribution is 2.39. The SMILES string of the molecule is CC1(C)OB(C(F)=Cc2ccc3nc(C4CCC4)cn3n2)OC1(C)C. The molecule has 0 spiro atoms. The lowest BCUT2D eigenvalue weighted by Crippen LogP contribution is -2.41. The van der Waals surface area contributed by atoms with Crippen molar-refractivity contribution in [3.05, 3.63) is 35.4 Å². The monoisotopic (exact) mass is 343 g/mol. The Hall–Kier alpha value is -1.73. The lowest BCUT2D eigenvalue weighted by atomic mass is 9.83. The highest BCUT2D eigenvalue weighted by atomic mass is 19.1. The molecule has 1 aliphatic heterocycles. The Morgan fingerprint density at radius 3 is 2.52 bits per heavy atom. The van der Waals surface area contributed by atoms with Crippen molar-refractivity contribution >= 4 is 18.8 Å². The molecule has 0 bridgehead atoms. The number of imidazole rings is 1. The van der Waals surface area contributed by atoms with Gasteiger partial charge in [0.25, 0.3) is 0 Å². The van der Waals surface area contributed by atoms with Gasteiger partial charge in [-0.1, -0.05) is 6.42 Å². The summed E-state index contributed by atoms with van der Waals surface area (Å²) in [4.78, 5) is 4.61. The van der Waals surface area contributed by atoms with Gasteiger partial charge in [0, 0.05) is 5.92 Å². The van der Waals surface area contributed by atoms with E-state index in [9.17, 15) is 4.39 Å². The summed E-state index contributed by atoms with van der Waals surface area (Å²) in [5.74, 6) is 0.544. The van der Waals surface area contributed by atoms with Crippen molar-refractivity contribution in [2.24, 2.45) is 0 Å². The molecule has 2 aromatic heterocycles. The number of halogens is 1. The van der Waals surface area contributed by atoms with Crippen molar-refractivity contribution in [3.8, 4) is 0 Å². The minimum Gasteiger partial charge on any atom is -0.398 e. The summed E-state index contributed by atoms with van der Waals surface area (Å²) < 4.78 is 27.8. The fraction of sp³-hybridized carbons (Fsp3) is 0.556. The molecule has 25 heavy (non-hydrogen) atoms. The number of aromatic nitrogens is 3. The van der Waals surface area contributed by atoms with E-state index in [1.165, 1.54) is 25.3 Å². The van der Waals surface area contributed by atoms with Gasteiger partial charge in [0.05, 0.1) is 28.8 Å². The second-order valence-corrected chi connectivity index (χ2v) is 7.97. The van der Waals surface area contributed by atoms with Crippen LogP contribution in [0.1, 0.15) is 64.3 Å². The van der Waals surface area contributed by atoms with Crippen molar-refractivity contribution in [3.63, 3.8) is 0 Å². The van der Waals surface area contributed by atoms with Gasteiger partial charge in [0.2, 0.25) is 0 Å². The van der Waals surface area contributed by atoms with Gasteiger partial charge < -0.3 is 9.31 Å². The van der Waals surface area contributed by atoms with E-state index in [-0.39, 0.29) is 0 Å². The van der Waals surface area contributed by atoms with Crippen molar-refractivity contribution in [2.45, 2.75) is 64.1 Å². The maximum absolute atomic E-state index is 14.6. The van der Waals surface area contributed by atoms with Crippen molar-refractivity contribution < 1.29 is 13.7 Å². The third kappa shape index (κ3) is 2.89. The van der Waals surface area contributed by atoms with E-state index in [1.807, 2.05) is 40.0 Å². The van der Waals surface area contributed by atoms with Crippen LogP contribution in [0.15, 0.2) is 24.1 Å². The molecule has 0 atom stereocenters. The Morgan fingerprint density at radius 1 is 1.24 bits per heavy atom. The lowest BCUT2D eigenvalue weighted by Gasteiger charge is -2.32. The smallest absolute Gasteiger partial charge is 0.398 e. The van der Waals surface area contributed by atoms with Crippen LogP contribution in [0.2, 0.25) is 0 Å². The molecule has 0 aromatic carbocycles. The van der Waals surface area contributed by atoms with Crippen LogP contribution in [0.4, 0.5) is 4.39 Å². The first-order valence-electron chi connectivity index (χ1n) is 8.84. The zero-order valence-electron chi connectivity index (χ0n) is 15.1. The summed E-state index contributed by atoms with van der Waals surface area (Å²) in [6.07, 6.45) is 6.95. The zero-order valence-corrected chi connectivity index (χ0v) is 15.1. The molecular formula is C18H23BFN3O2. The number of hydrogen-bond acceptors (Lipinski definition) is 4. The fourth-order valence-electron chi connectivity index (χ4n) is 3.06. The molecular weight excluding hydrogens is 320 g/mol. The summed E-state index contributed by atoms with van der Waals surface area (Å²) in [7, 11) is -1.00. The maximum Gasteiger partial charge on any atom is 0.525 e. The molecule has 0 amide bonds. The van der Waals surface area contributed by atoms with Crippen LogP contribution in [-0.4, -0.2) is 32.9 Å². The van der Waals surface area contributed by atoms with Gasteiger partial charge in [-0.15, -0.1) is 0 Å². The van der Waals surface area contributed by atoms with Crippen LogP contribution in [0.3, 0.4) is 0 Å². The van der Waals surface area contributed by atoms with Gasteiger partial charge >= 0.3 is 7.12 Å². The summed E-state index contributed by atoms with van der Waals surface area (Å²) in [6, 6.07) is 3.62. The van der Waals surface area contributed by atoms with E-state index in [0.717, 1.165) is 11.3 Å². The molecule has 1 saturated heterocycles. The number of hydrogen-bond donors (Lipinski definition) is 0. The molecule has 1 aliphatic carbocycles. The molecule has 0 N–H and O–H groups in total. The average molecular weight is 343 g/mol. The summed E-state index contributed by atoms with van der Waals surface area (Å²) in [5.41, 5.74) is 0.758. The van der Waals surface area contributed by atoms with Gasteiger partial charge in [-0.25, -0.2) is 13.9 Å². The van der Waals surface area contributed by atoms with E-state index >= 15 is 0 Å². The van der Waals surface area contributed by atoms with Gasteiger partial charge in [-0.05, 0) is 58.7 Å². The number of rotatable bonds is 3. The quantitative estimate of drug-likeness (QED) is 0.792. The maximum atomic E-state index is 14.6. The third-order valence-electron chi connectivity index (χ3n) is 5.65. The highest BCUT2D eigenvalue weighted by Gasteiger charge is 2.53. The van der Waals surface area contributed by atoms with Crippen LogP contribution in [0.25, 0.3) is 11.7 Å². The van der Waals surface area contributed by atoms with Gasteiger partial charge in [-0.3, -0.25) is 0 Å². The largest absolute Gasteiger partial charge is 0.525 e. The molecule has 2 aromatic rings. The van der Waals surface area contributed by atoms with Gasteiger partial charge in [0.1, 0.15) is 5.73 Å². The molecule has 1 saturated carbocycles. The first-order chi connectivity index (χ1) is 11.7. The molecule has 132 valence electrons. The van der Waals surface area contributed by atoms with Gasteiger partial charge in [-0.2, -0.15) is 5.10 Å². The third-order valence-corrected chi connectivity index (χ3v) is 5.65. The second kappa shape index (κ2) is 5.64. The Bertz CT molecular complexity index is 826.